The first-order chi connectivity index (χ1) is 9.74. The summed E-state index contributed by atoms with van der Waals surface area (Å²) in [4.78, 5) is 15.9. The number of ether oxygens (including phenoxy) is 1. The lowest BCUT2D eigenvalue weighted by Crippen LogP contribution is -2.50. The minimum atomic E-state index is -0.349. The van der Waals surface area contributed by atoms with Crippen molar-refractivity contribution in [3.63, 3.8) is 0 Å². The smallest absolute Gasteiger partial charge is 0.316 e. The Balaban J connectivity index is 1.75. The maximum atomic E-state index is 11.7. The van der Waals surface area contributed by atoms with E-state index in [2.05, 4.69) is 23.1 Å². The van der Waals surface area contributed by atoms with Crippen LogP contribution in [-0.2, 0) is 17.7 Å². The van der Waals surface area contributed by atoms with E-state index in [1.54, 1.807) is 4.90 Å². The van der Waals surface area contributed by atoms with E-state index in [0.717, 1.165) is 39.3 Å². The van der Waals surface area contributed by atoms with E-state index in [1.165, 1.54) is 11.1 Å². The topological polar surface area (TPSA) is 32.8 Å². The third kappa shape index (κ3) is 2.97. The highest BCUT2D eigenvalue weighted by atomic mass is 35.5. The fraction of sp³-hybridized carbons (Fsp3) is 0.533. The normalized spacial score (nSPS) is 23.4. The summed E-state index contributed by atoms with van der Waals surface area (Å²) in [6.07, 6.45) is 0.881. The number of morpholine rings is 1. The molecule has 20 heavy (non-hydrogen) atoms. The van der Waals surface area contributed by atoms with Crippen LogP contribution in [0.25, 0.3) is 0 Å². The molecule has 1 atom stereocenters. The SMILES string of the molecule is O=C(Cl)N1Cc2ccccc2C[C@H]1CN1CCOCC1. The molecule has 2 aliphatic rings. The van der Waals surface area contributed by atoms with Crippen LogP contribution < -0.4 is 0 Å². The quantitative estimate of drug-likeness (QED) is 0.619. The van der Waals surface area contributed by atoms with Gasteiger partial charge in [-0.05, 0) is 29.1 Å². The maximum absolute atomic E-state index is 11.7. The highest BCUT2D eigenvalue weighted by Crippen LogP contribution is 2.25. The molecular weight excluding hydrogens is 276 g/mol. The summed E-state index contributed by atoms with van der Waals surface area (Å²) in [5.41, 5.74) is 2.54. The lowest BCUT2D eigenvalue weighted by atomic mass is 9.94. The number of carbonyl (C=O) groups is 1. The number of hydrogen-bond acceptors (Lipinski definition) is 3. The van der Waals surface area contributed by atoms with Gasteiger partial charge in [-0.15, -0.1) is 0 Å². The molecule has 5 heteroatoms. The summed E-state index contributed by atoms with van der Waals surface area (Å²) >= 11 is 5.78. The molecule has 0 aliphatic carbocycles. The Kier molecular flexibility index (Phi) is 4.24. The van der Waals surface area contributed by atoms with Crippen molar-refractivity contribution in [1.29, 1.82) is 0 Å². The van der Waals surface area contributed by atoms with Crippen LogP contribution in [0.4, 0.5) is 4.79 Å². The lowest BCUT2D eigenvalue weighted by Gasteiger charge is -2.39. The molecule has 1 aromatic rings. The molecule has 2 aliphatic heterocycles. The van der Waals surface area contributed by atoms with Crippen molar-refractivity contribution in [3.8, 4) is 0 Å². The number of halogens is 1. The van der Waals surface area contributed by atoms with Gasteiger partial charge in [-0.1, -0.05) is 24.3 Å². The van der Waals surface area contributed by atoms with Crippen LogP contribution in [0.3, 0.4) is 0 Å². The molecule has 2 heterocycles. The van der Waals surface area contributed by atoms with Crippen molar-refractivity contribution >= 4 is 17.0 Å². The van der Waals surface area contributed by atoms with Crippen LogP contribution in [0.2, 0.25) is 0 Å². The van der Waals surface area contributed by atoms with Gasteiger partial charge in [-0.3, -0.25) is 9.69 Å². The summed E-state index contributed by atoms with van der Waals surface area (Å²) in [7, 11) is 0. The molecule has 3 rings (SSSR count). The van der Waals surface area contributed by atoms with Crippen LogP contribution in [0.5, 0.6) is 0 Å². The number of hydrogen-bond donors (Lipinski definition) is 0. The predicted octanol–water partition coefficient (Wildman–Crippen LogP) is 2.10. The molecule has 0 radical (unpaired) electrons. The van der Waals surface area contributed by atoms with Crippen molar-refractivity contribution in [1.82, 2.24) is 9.80 Å². The zero-order valence-corrected chi connectivity index (χ0v) is 12.2. The van der Waals surface area contributed by atoms with E-state index in [4.69, 9.17) is 16.3 Å². The number of nitrogens with zero attached hydrogens (tertiary/aromatic N) is 2. The molecule has 0 spiro atoms. The van der Waals surface area contributed by atoms with Gasteiger partial charge < -0.3 is 9.64 Å². The average Bonchev–Trinajstić information content (AvgIpc) is 2.47. The number of fused-ring (bicyclic) bond motifs is 1. The van der Waals surface area contributed by atoms with E-state index < -0.39 is 0 Å². The third-order valence-corrected chi connectivity index (χ3v) is 4.37. The van der Waals surface area contributed by atoms with Gasteiger partial charge in [0.25, 0.3) is 0 Å². The fourth-order valence-electron chi connectivity index (χ4n) is 3.04. The Morgan fingerprint density at radius 2 is 1.95 bits per heavy atom. The highest BCUT2D eigenvalue weighted by Gasteiger charge is 2.30. The second-order valence-corrected chi connectivity index (χ2v) is 5.74. The van der Waals surface area contributed by atoms with Gasteiger partial charge in [0.1, 0.15) is 0 Å². The molecule has 1 saturated heterocycles. The second kappa shape index (κ2) is 6.12. The van der Waals surface area contributed by atoms with Crippen molar-refractivity contribution in [2.75, 3.05) is 32.8 Å². The summed E-state index contributed by atoms with van der Waals surface area (Å²) in [6, 6.07) is 8.46. The molecule has 1 amide bonds. The molecule has 0 aromatic heterocycles. The van der Waals surface area contributed by atoms with Crippen LogP contribution in [0, 0.1) is 0 Å². The maximum Gasteiger partial charge on any atom is 0.316 e. The Bertz CT molecular complexity index is 489. The van der Waals surface area contributed by atoms with E-state index in [0.29, 0.717) is 6.54 Å². The second-order valence-electron chi connectivity index (χ2n) is 5.42. The first-order valence-electron chi connectivity index (χ1n) is 7.07. The standard InChI is InChI=1S/C15H19ClN2O2/c16-15(19)18-10-13-4-2-1-3-12(13)9-14(18)11-17-5-7-20-8-6-17/h1-4,14H,5-11H2/t14-/m0/s1. The Hall–Kier alpha value is -1.10. The Morgan fingerprint density at radius 3 is 2.65 bits per heavy atom. The lowest BCUT2D eigenvalue weighted by molar-refractivity contribution is 0.0255. The molecule has 0 N–H and O–H groups in total. The van der Waals surface area contributed by atoms with Crippen LogP contribution in [0.1, 0.15) is 11.1 Å². The number of amides is 1. The molecule has 1 aromatic carbocycles. The molecule has 0 saturated carbocycles. The average molecular weight is 295 g/mol. The molecular formula is C15H19ClN2O2. The Labute approximate surface area is 124 Å². The summed E-state index contributed by atoms with van der Waals surface area (Å²) < 4.78 is 5.37. The highest BCUT2D eigenvalue weighted by molar-refractivity contribution is 6.62. The molecule has 0 unspecified atom stereocenters. The van der Waals surface area contributed by atoms with Crippen molar-refractivity contribution in [2.24, 2.45) is 0 Å². The molecule has 0 bridgehead atoms. The van der Waals surface area contributed by atoms with Crippen LogP contribution in [0.15, 0.2) is 24.3 Å². The Morgan fingerprint density at radius 1 is 1.25 bits per heavy atom. The van der Waals surface area contributed by atoms with Crippen molar-refractivity contribution in [2.45, 2.75) is 19.0 Å². The minimum Gasteiger partial charge on any atom is -0.379 e. The van der Waals surface area contributed by atoms with Gasteiger partial charge in [0.2, 0.25) is 0 Å². The summed E-state index contributed by atoms with van der Waals surface area (Å²) in [6.45, 7) is 4.91. The van der Waals surface area contributed by atoms with Gasteiger partial charge >= 0.3 is 5.37 Å². The fourth-order valence-corrected chi connectivity index (χ4v) is 3.24. The van der Waals surface area contributed by atoms with Crippen LogP contribution >= 0.6 is 11.6 Å². The molecule has 4 nitrogen and oxygen atoms in total. The van der Waals surface area contributed by atoms with Gasteiger partial charge in [0.05, 0.1) is 13.2 Å². The van der Waals surface area contributed by atoms with E-state index in [-0.39, 0.29) is 11.4 Å². The van der Waals surface area contributed by atoms with Crippen molar-refractivity contribution in [3.05, 3.63) is 35.4 Å². The number of rotatable bonds is 2. The van der Waals surface area contributed by atoms with Crippen LogP contribution in [-0.4, -0.2) is 54.1 Å². The predicted molar refractivity (Wildman–Crippen MR) is 78.0 cm³/mol. The third-order valence-electron chi connectivity index (χ3n) is 4.15. The van der Waals surface area contributed by atoms with Gasteiger partial charge in [-0.25, -0.2) is 0 Å². The summed E-state index contributed by atoms with van der Waals surface area (Å²) in [5.74, 6) is 0. The largest absolute Gasteiger partial charge is 0.379 e. The van der Waals surface area contributed by atoms with Gasteiger partial charge in [0, 0.05) is 32.2 Å². The van der Waals surface area contributed by atoms with Crippen molar-refractivity contribution < 1.29 is 9.53 Å². The first-order valence-corrected chi connectivity index (χ1v) is 7.45. The molecule has 1 fully saturated rings. The monoisotopic (exact) mass is 294 g/mol. The zero-order chi connectivity index (χ0) is 13.9. The summed E-state index contributed by atoms with van der Waals surface area (Å²) in [5, 5.41) is -0.349. The van der Waals surface area contributed by atoms with Gasteiger partial charge in [0.15, 0.2) is 0 Å². The minimum absolute atomic E-state index is 0.160. The van der Waals surface area contributed by atoms with E-state index in [1.807, 2.05) is 6.07 Å². The van der Waals surface area contributed by atoms with E-state index in [9.17, 15) is 4.79 Å². The van der Waals surface area contributed by atoms with Gasteiger partial charge in [-0.2, -0.15) is 0 Å². The first kappa shape index (κ1) is 13.9. The zero-order valence-electron chi connectivity index (χ0n) is 11.4. The number of benzene rings is 1. The molecule has 108 valence electrons. The van der Waals surface area contributed by atoms with E-state index >= 15 is 0 Å². The number of carbonyl (C=O) groups excluding carboxylic acids is 1.